The number of quaternary nitrogens is 1. The van der Waals surface area contributed by atoms with Gasteiger partial charge in [-0.05, 0) is 93.8 Å². The molecule has 41 heavy (non-hydrogen) atoms. The van der Waals surface area contributed by atoms with Crippen LogP contribution in [0, 0.1) is 34.5 Å². The van der Waals surface area contributed by atoms with Gasteiger partial charge in [0.25, 0.3) is 0 Å². The van der Waals surface area contributed by atoms with Crippen molar-refractivity contribution in [2.75, 3.05) is 45.9 Å². The monoisotopic (exact) mass is 573 g/mol. The Kier molecular flexibility index (Phi) is 8.30. The van der Waals surface area contributed by atoms with Crippen LogP contribution in [0.2, 0.25) is 0 Å². The summed E-state index contributed by atoms with van der Waals surface area (Å²) in [6.07, 6.45) is 12.2. The van der Waals surface area contributed by atoms with Gasteiger partial charge in [0.2, 0.25) is 0 Å². The van der Waals surface area contributed by atoms with Crippen LogP contribution in [0.25, 0.3) is 0 Å². The molecular weight excluding hydrogens is 516 g/mol. The molecule has 0 spiro atoms. The number of likely N-dealkylation sites (tertiary alicyclic amines) is 1. The number of carbonyl (C=O) groups excluding carboxylic acids is 2. The normalized spacial score (nSPS) is 46.1. The molecule has 2 heterocycles. The third-order valence-corrected chi connectivity index (χ3v) is 13.8. The molecule has 0 radical (unpaired) electrons. The van der Waals surface area contributed by atoms with Crippen molar-refractivity contribution in [3.63, 3.8) is 0 Å². The van der Waals surface area contributed by atoms with Crippen molar-refractivity contribution in [2.24, 2.45) is 34.5 Å². The van der Waals surface area contributed by atoms with E-state index < -0.39 is 0 Å². The van der Waals surface area contributed by atoms with Gasteiger partial charge in [-0.25, -0.2) is 0 Å². The largest absolute Gasteiger partial charge is 0.461 e. The van der Waals surface area contributed by atoms with Gasteiger partial charge in [0.05, 0.1) is 32.8 Å². The van der Waals surface area contributed by atoms with E-state index in [4.69, 9.17) is 14.2 Å². The predicted octanol–water partition coefficient (Wildman–Crippen LogP) is 5.20. The number of fused-ring (bicyclic) bond motifs is 5. The molecule has 6 aliphatic rings. The maximum absolute atomic E-state index is 12.6. The van der Waals surface area contributed by atoms with E-state index >= 15 is 0 Å². The molecule has 6 fully saturated rings. The average molecular weight is 574 g/mol. The molecule has 7 heteroatoms. The SMILES string of the molecule is CC[N+]1([C@H]2CC3C4CC[C@H]5C[C@H](OC(C)=O)[C@@H](N6CCOCC6)C[C@]5(C)C4CC[C@]3(C)[C@H]2OC(C)=O)CCCCC1. The van der Waals surface area contributed by atoms with E-state index in [1.165, 1.54) is 58.0 Å². The second-order valence-electron chi connectivity index (χ2n) is 15.4. The number of carbonyl (C=O) groups is 2. The summed E-state index contributed by atoms with van der Waals surface area (Å²) in [5.41, 5.74) is 0.318. The first kappa shape index (κ1) is 29.9. The molecule has 0 amide bonds. The van der Waals surface area contributed by atoms with Crippen LogP contribution in [0.4, 0.5) is 0 Å². The van der Waals surface area contributed by atoms with Gasteiger partial charge >= 0.3 is 11.9 Å². The Bertz CT molecular complexity index is 976. The predicted molar refractivity (Wildman–Crippen MR) is 158 cm³/mol. The molecule has 232 valence electrons. The molecule has 0 bridgehead atoms. The first-order chi connectivity index (χ1) is 19.6. The molecule has 3 unspecified atom stereocenters. The fourth-order valence-corrected chi connectivity index (χ4v) is 11.8. The van der Waals surface area contributed by atoms with E-state index in [-0.39, 0.29) is 41.0 Å². The molecule has 4 aliphatic carbocycles. The molecule has 2 aliphatic heterocycles. The van der Waals surface area contributed by atoms with Crippen LogP contribution in [0.5, 0.6) is 0 Å². The number of rotatable bonds is 5. The molecule has 7 nitrogen and oxygen atoms in total. The Labute approximate surface area is 248 Å². The smallest absolute Gasteiger partial charge is 0.303 e. The van der Waals surface area contributed by atoms with Crippen LogP contribution in [-0.2, 0) is 23.8 Å². The van der Waals surface area contributed by atoms with Crippen LogP contribution < -0.4 is 0 Å². The van der Waals surface area contributed by atoms with E-state index in [0.29, 0.717) is 29.7 Å². The Morgan fingerprint density at radius 2 is 1.61 bits per heavy atom. The zero-order valence-electron chi connectivity index (χ0n) is 26.6. The van der Waals surface area contributed by atoms with E-state index in [9.17, 15) is 9.59 Å². The van der Waals surface area contributed by atoms with Gasteiger partial charge in [-0.1, -0.05) is 13.8 Å². The zero-order valence-corrected chi connectivity index (χ0v) is 26.6. The number of piperidine rings is 1. The maximum Gasteiger partial charge on any atom is 0.303 e. The Morgan fingerprint density at radius 1 is 0.902 bits per heavy atom. The highest BCUT2D eigenvalue weighted by Crippen LogP contribution is 2.67. The third kappa shape index (κ3) is 5.08. The average Bonchev–Trinajstić information content (AvgIpc) is 3.25. The van der Waals surface area contributed by atoms with E-state index in [1.807, 2.05) is 0 Å². The van der Waals surface area contributed by atoms with Crippen molar-refractivity contribution in [3.05, 3.63) is 0 Å². The van der Waals surface area contributed by atoms with Gasteiger partial charge in [0.1, 0.15) is 12.1 Å². The van der Waals surface area contributed by atoms with Crippen molar-refractivity contribution >= 4 is 11.9 Å². The third-order valence-electron chi connectivity index (χ3n) is 13.8. The standard InChI is InChI=1S/C34H57N2O5/c1-6-36(16-8-7-9-17-36)30-21-28-26-11-10-25-20-31(40-23(2)37)29(35-14-18-39-19-15-35)22-34(25,5)27(26)12-13-33(28,4)32(30)41-24(3)38/h25-32H,6-22H2,1-5H3/q+1/t25-,26?,27?,28?,29-,30-,31-,32-,33-,34-/m0/s1. The van der Waals surface area contributed by atoms with Crippen LogP contribution in [-0.4, -0.2) is 91.6 Å². The summed E-state index contributed by atoms with van der Waals surface area (Å²) in [6.45, 7) is 17.7. The van der Waals surface area contributed by atoms with Gasteiger partial charge in [-0.15, -0.1) is 0 Å². The van der Waals surface area contributed by atoms with Crippen molar-refractivity contribution in [1.29, 1.82) is 0 Å². The molecule has 4 saturated carbocycles. The number of hydrogen-bond donors (Lipinski definition) is 0. The van der Waals surface area contributed by atoms with Crippen molar-refractivity contribution < 1.29 is 28.3 Å². The summed E-state index contributed by atoms with van der Waals surface area (Å²) < 4.78 is 19.3. The summed E-state index contributed by atoms with van der Waals surface area (Å²) in [7, 11) is 0. The van der Waals surface area contributed by atoms with Crippen molar-refractivity contribution in [2.45, 2.75) is 123 Å². The van der Waals surface area contributed by atoms with Crippen LogP contribution in [0.15, 0.2) is 0 Å². The zero-order chi connectivity index (χ0) is 29.0. The molecule has 6 rings (SSSR count). The van der Waals surface area contributed by atoms with E-state index in [2.05, 4.69) is 25.7 Å². The number of likely N-dealkylation sites (N-methyl/N-ethyl adjacent to an activating group) is 1. The van der Waals surface area contributed by atoms with Crippen LogP contribution in [0.1, 0.15) is 98.8 Å². The molecule has 10 atom stereocenters. The van der Waals surface area contributed by atoms with E-state index in [1.54, 1.807) is 13.8 Å². The topological polar surface area (TPSA) is 65.1 Å². The second kappa shape index (κ2) is 11.4. The molecular formula is C34H57N2O5+. The van der Waals surface area contributed by atoms with Gasteiger partial charge < -0.3 is 18.7 Å². The van der Waals surface area contributed by atoms with Crippen molar-refractivity contribution in [3.8, 4) is 0 Å². The lowest BCUT2D eigenvalue weighted by Crippen LogP contribution is -2.63. The molecule has 2 saturated heterocycles. The minimum Gasteiger partial charge on any atom is -0.461 e. The molecule has 0 N–H and O–H groups in total. The highest BCUT2D eigenvalue weighted by Gasteiger charge is 2.67. The number of esters is 2. The summed E-state index contributed by atoms with van der Waals surface area (Å²) in [5, 5.41) is 0. The fourth-order valence-electron chi connectivity index (χ4n) is 11.8. The van der Waals surface area contributed by atoms with Gasteiger partial charge in [-0.2, -0.15) is 0 Å². The summed E-state index contributed by atoms with van der Waals surface area (Å²) in [4.78, 5) is 27.3. The quantitative estimate of drug-likeness (QED) is 0.333. The Hall–Kier alpha value is -1.18. The first-order valence-electron chi connectivity index (χ1n) is 17.1. The number of hydrogen-bond acceptors (Lipinski definition) is 6. The van der Waals surface area contributed by atoms with Crippen LogP contribution in [0.3, 0.4) is 0 Å². The molecule has 0 aromatic carbocycles. The lowest BCUT2D eigenvalue weighted by atomic mass is 9.44. The minimum atomic E-state index is -0.141. The Morgan fingerprint density at radius 3 is 2.27 bits per heavy atom. The number of morpholine rings is 1. The highest BCUT2D eigenvalue weighted by atomic mass is 16.5. The second-order valence-corrected chi connectivity index (χ2v) is 15.4. The summed E-state index contributed by atoms with van der Waals surface area (Å²) in [5.74, 6) is 2.36. The first-order valence-corrected chi connectivity index (χ1v) is 17.1. The Balaban J connectivity index is 1.30. The van der Waals surface area contributed by atoms with Gasteiger partial charge in [0.15, 0.2) is 6.10 Å². The summed E-state index contributed by atoms with van der Waals surface area (Å²) >= 11 is 0. The molecule has 0 aromatic heterocycles. The molecule has 0 aromatic rings. The fraction of sp³-hybridized carbons (Fsp3) is 0.941. The lowest BCUT2D eigenvalue weighted by Gasteiger charge is -2.62. The maximum atomic E-state index is 12.6. The van der Waals surface area contributed by atoms with Crippen molar-refractivity contribution in [1.82, 2.24) is 4.90 Å². The highest BCUT2D eigenvalue weighted by molar-refractivity contribution is 5.66. The van der Waals surface area contributed by atoms with Gasteiger partial charge in [-0.3, -0.25) is 14.5 Å². The number of nitrogens with zero attached hydrogens (tertiary/aromatic N) is 2. The summed E-state index contributed by atoms with van der Waals surface area (Å²) in [6, 6.07) is 0.716. The lowest BCUT2D eigenvalue weighted by molar-refractivity contribution is -0.956. The van der Waals surface area contributed by atoms with Gasteiger partial charge in [0, 0.05) is 44.8 Å². The van der Waals surface area contributed by atoms with E-state index in [0.717, 1.165) is 56.6 Å². The van der Waals surface area contributed by atoms with Crippen LogP contribution >= 0.6 is 0 Å². The minimum absolute atomic E-state index is 0.00805. The number of ether oxygens (including phenoxy) is 3.